The lowest BCUT2D eigenvalue weighted by atomic mass is 10.5. The van der Waals surface area contributed by atoms with E-state index in [0.717, 1.165) is 8.17 Å². The van der Waals surface area contributed by atoms with Gasteiger partial charge in [-0.2, -0.15) is 0 Å². The maximum Gasteiger partial charge on any atom is 0.154 e. The number of aliphatic imine (C=N–C) groups is 1. The van der Waals surface area contributed by atoms with E-state index in [9.17, 15) is 0 Å². The Balaban J connectivity index is 2.85. The van der Waals surface area contributed by atoms with Crippen molar-refractivity contribution >= 4 is 50.7 Å². The summed E-state index contributed by atoms with van der Waals surface area (Å²) in [5.41, 5.74) is 0. The molecule has 3 nitrogen and oxygen atoms in total. The Morgan fingerprint density at radius 2 is 2.23 bits per heavy atom. The molecule has 0 bridgehead atoms. The highest BCUT2D eigenvalue weighted by molar-refractivity contribution is 14.1. The Morgan fingerprint density at radius 3 is 2.77 bits per heavy atom. The molecular formula is C8H9BrIN3. The monoisotopic (exact) mass is 353 g/mol. The Morgan fingerprint density at radius 1 is 1.54 bits per heavy atom. The van der Waals surface area contributed by atoms with Crippen LogP contribution >= 0.6 is 38.5 Å². The zero-order valence-electron chi connectivity index (χ0n) is 7.33. The smallest absolute Gasteiger partial charge is 0.154 e. The van der Waals surface area contributed by atoms with Crippen LogP contribution < -0.4 is 0 Å². The third-order valence-corrected chi connectivity index (χ3v) is 3.43. The second-order valence-electron chi connectivity index (χ2n) is 2.65. The quantitative estimate of drug-likeness (QED) is 0.354. The number of halogens is 2. The van der Waals surface area contributed by atoms with E-state index in [1.807, 2.05) is 31.1 Å². The van der Waals surface area contributed by atoms with Gasteiger partial charge in [-0.15, -0.1) is 0 Å². The first kappa shape index (κ1) is 10.9. The molecule has 1 aromatic rings. The number of aromatic nitrogens is 1. The number of rotatable bonds is 2. The lowest BCUT2D eigenvalue weighted by Gasteiger charge is -2.02. The molecule has 0 aliphatic carbocycles. The summed E-state index contributed by atoms with van der Waals surface area (Å²) >= 11 is 5.56. The fourth-order valence-electron chi connectivity index (χ4n) is 0.654. The summed E-state index contributed by atoms with van der Waals surface area (Å²) in [6.45, 7) is 0. The zero-order chi connectivity index (χ0) is 9.84. The molecule has 0 saturated heterocycles. The van der Waals surface area contributed by atoms with Gasteiger partial charge in [-0.05, 0) is 50.7 Å². The fourth-order valence-corrected chi connectivity index (χ4v) is 1.27. The highest BCUT2D eigenvalue weighted by Gasteiger charge is 1.97. The van der Waals surface area contributed by atoms with E-state index < -0.39 is 0 Å². The first-order chi connectivity index (χ1) is 6.09. The van der Waals surface area contributed by atoms with Crippen LogP contribution in [0.25, 0.3) is 0 Å². The molecular weight excluding hydrogens is 345 g/mol. The molecule has 13 heavy (non-hydrogen) atoms. The number of hydrogen-bond acceptors (Lipinski definition) is 2. The number of hydrogen-bond donors (Lipinski definition) is 0. The Labute approximate surface area is 99.5 Å². The van der Waals surface area contributed by atoms with Crippen LogP contribution in [0, 0.1) is 3.57 Å². The number of nitrogens with zero attached hydrogens (tertiary/aromatic N) is 3. The third kappa shape index (κ3) is 3.60. The first-order valence-electron chi connectivity index (χ1n) is 3.62. The molecule has 1 heterocycles. The lowest BCUT2D eigenvalue weighted by molar-refractivity contribution is 0.643. The minimum Gasteiger partial charge on any atom is -0.369 e. The SMILES string of the molecule is CN(C)C=Nc1ccc(I)c(Br)n1. The normalized spacial score (nSPS) is 10.8. The Hall–Kier alpha value is -0.170. The van der Waals surface area contributed by atoms with Crippen molar-refractivity contribution in [1.29, 1.82) is 0 Å². The molecule has 0 aromatic carbocycles. The van der Waals surface area contributed by atoms with E-state index in [-0.39, 0.29) is 0 Å². The van der Waals surface area contributed by atoms with Crippen LogP contribution in [-0.4, -0.2) is 30.3 Å². The molecule has 1 aromatic heterocycles. The maximum atomic E-state index is 4.23. The summed E-state index contributed by atoms with van der Waals surface area (Å²) in [6, 6.07) is 3.85. The summed E-state index contributed by atoms with van der Waals surface area (Å²) in [4.78, 5) is 10.3. The van der Waals surface area contributed by atoms with Gasteiger partial charge in [0.05, 0.1) is 6.34 Å². The van der Waals surface area contributed by atoms with E-state index in [0.29, 0.717) is 5.82 Å². The molecule has 0 saturated carbocycles. The molecule has 70 valence electrons. The van der Waals surface area contributed by atoms with Gasteiger partial charge in [-0.25, -0.2) is 9.98 Å². The van der Waals surface area contributed by atoms with Crippen molar-refractivity contribution in [2.45, 2.75) is 0 Å². The van der Waals surface area contributed by atoms with Crippen molar-refractivity contribution in [2.75, 3.05) is 14.1 Å². The van der Waals surface area contributed by atoms with Crippen molar-refractivity contribution in [3.05, 3.63) is 20.3 Å². The van der Waals surface area contributed by atoms with Gasteiger partial charge >= 0.3 is 0 Å². The predicted octanol–water partition coefficient (Wildman–Crippen LogP) is 2.67. The fraction of sp³-hybridized carbons (Fsp3) is 0.250. The molecule has 5 heteroatoms. The van der Waals surface area contributed by atoms with Crippen LogP contribution in [-0.2, 0) is 0 Å². The average Bonchev–Trinajstić information content (AvgIpc) is 2.07. The molecule has 0 fully saturated rings. The van der Waals surface area contributed by atoms with Crippen LogP contribution in [0.2, 0.25) is 0 Å². The van der Waals surface area contributed by atoms with Gasteiger partial charge in [0.15, 0.2) is 5.82 Å². The van der Waals surface area contributed by atoms with E-state index in [2.05, 4.69) is 48.5 Å². The Kier molecular flexibility index (Phi) is 4.11. The zero-order valence-corrected chi connectivity index (χ0v) is 11.1. The molecule has 1 rings (SSSR count). The van der Waals surface area contributed by atoms with Gasteiger partial charge in [-0.1, -0.05) is 0 Å². The van der Waals surface area contributed by atoms with Crippen molar-refractivity contribution in [3.63, 3.8) is 0 Å². The van der Waals surface area contributed by atoms with Crippen LogP contribution in [0.15, 0.2) is 21.7 Å². The molecule has 0 radical (unpaired) electrons. The molecule has 0 aliphatic rings. The average molecular weight is 354 g/mol. The molecule has 0 unspecified atom stereocenters. The van der Waals surface area contributed by atoms with Gasteiger partial charge in [0.2, 0.25) is 0 Å². The van der Waals surface area contributed by atoms with Gasteiger partial charge in [0, 0.05) is 17.7 Å². The van der Waals surface area contributed by atoms with Crippen LogP contribution in [0.4, 0.5) is 5.82 Å². The van der Waals surface area contributed by atoms with E-state index in [1.54, 1.807) is 6.34 Å². The standard InChI is InChI=1S/C8H9BrIN3/c1-13(2)5-11-7-4-3-6(10)8(9)12-7/h3-5H,1-2H3. The van der Waals surface area contributed by atoms with Crippen LogP contribution in [0.5, 0.6) is 0 Å². The molecule has 0 atom stereocenters. The number of pyridine rings is 1. The molecule has 0 amide bonds. The second-order valence-corrected chi connectivity index (χ2v) is 4.56. The van der Waals surface area contributed by atoms with Gasteiger partial charge < -0.3 is 4.90 Å². The maximum absolute atomic E-state index is 4.23. The third-order valence-electron chi connectivity index (χ3n) is 1.21. The first-order valence-corrected chi connectivity index (χ1v) is 5.49. The van der Waals surface area contributed by atoms with Gasteiger partial charge in [0.1, 0.15) is 4.60 Å². The second kappa shape index (κ2) is 4.90. The molecule has 0 spiro atoms. The van der Waals surface area contributed by atoms with Crippen LogP contribution in [0.1, 0.15) is 0 Å². The van der Waals surface area contributed by atoms with Gasteiger partial charge in [0.25, 0.3) is 0 Å². The summed E-state index contributed by atoms with van der Waals surface area (Å²) in [5, 5.41) is 0. The summed E-state index contributed by atoms with van der Waals surface area (Å²) in [7, 11) is 3.84. The largest absolute Gasteiger partial charge is 0.369 e. The Bertz CT molecular complexity index is 325. The van der Waals surface area contributed by atoms with Crippen molar-refractivity contribution < 1.29 is 0 Å². The summed E-state index contributed by atoms with van der Waals surface area (Å²) < 4.78 is 1.92. The van der Waals surface area contributed by atoms with E-state index in [1.165, 1.54) is 0 Å². The highest BCUT2D eigenvalue weighted by Crippen LogP contribution is 2.19. The highest BCUT2D eigenvalue weighted by atomic mass is 127. The lowest BCUT2D eigenvalue weighted by Crippen LogP contribution is -2.07. The van der Waals surface area contributed by atoms with Crippen molar-refractivity contribution in [2.24, 2.45) is 4.99 Å². The minimum absolute atomic E-state index is 0.709. The predicted molar refractivity (Wildman–Crippen MR) is 66.5 cm³/mol. The van der Waals surface area contributed by atoms with Crippen LogP contribution in [0.3, 0.4) is 0 Å². The topological polar surface area (TPSA) is 28.5 Å². The van der Waals surface area contributed by atoms with E-state index in [4.69, 9.17) is 0 Å². The summed E-state index contributed by atoms with van der Waals surface area (Å²) in [6.07, 6.45) is 1.72. The van der Waals surface area contributed by atoms with Crippen molar-refractivity contribution in [1.82, 2.24) is 9.88 Å². The molecule has 0 aliphatic heterocycles. The van der Waals surface area contributed by atoms with E-state index >= 15 is 0 Å². The van der Waals surface area contributed by atoms with Gasteiger partial charge in [-0.3, -0.25) is 0 Å². The van der Waals surface area contributed by atoms with Crippen molar-refractivity contribution in [3.8, 4) is 0 Å². The molecule has 0 N–H and O–H groups in total. The minimum atomic E-state index is 0.709. The summed E-state index contributed by atoms with van der Waals surface area (Å²) in [5.74, 6) is 0.709.